The van der Waals surface area contributed by atoms with Gasteiger partial charge in [-0.3, -0.25) is 20.2 Å². The van der Waals surface area contributed by atoms with Gasteiger partial charge in [-0.2, -0.15) is 0 Å². The molecule has 2 rings (SSSR count). The molecule has 1 aromatic rings. The van der Waals surface area contributed by atoms with Crippen molar-refractivity contribution in [1.82, 2.24) is 0 Å². The average molecular weight is 267 g/mol. The Balaban J connectivity index is 2.34. The second-order valence-electron chi connectivity index (χ2n) is 4.63. The lowest BCUT2D eigenvalue weighted by atomic mass is 10.2. The molecule has 0 unspecified atom stereocenters. The predicted octanol–water partition coefficient (Wildman–Crippen LogP) is -0.162. The number of nitro benzene ring substituents is 2. The summed E-state index contributed by atoms with van der Waals surface area (Å²) in [7, 11) is 2.07. The molecule has 1 aliphatic heterocycles. The Hall–Kier alpha value is -2.22. The van der Waals surface area contributed by atoms with Crippen molar-refractivity contribution in [2.45, 2.75) is 0 Å². The summed E-state index contributed by atoms with van der Waals surface area (Å²) in [6.45, 7) is 3.22. The highest BCUT2D eigenvalue weighted by Crippen LogP contribution is 2.31. The zero-order valence-corrected chi connectivity index (χ0v) is 10.5. The Morgan fingerprint density at radius 3 is 2.32 bits per heavy atom. The van der Waals surface area contributed by atoms with Crippen molar-refractivity contribution in [3.8, 4) is 0 Å². The van der Waals surface area contributed by atoms with Crippen molar-refractivity contribution >= 4 is 17.1 Å². The normalized spacial score (nSPS) is 16.4. The molecule has 102 valence electrons. The smallest absolute Gasteiger partial charge is 0.299 e. The van der Waals surface area contributed by atoms with Crippen LogP contribution in [0.1, 0.15) is 0 Å². The van der Waals surface area contributed by atoms with Crippen LogP contribution in [-0.4, -0.2) is 43.1 Å². The van der Waals surface area contributed by atoms with Gasteiger partial charge in [0.1, 0.15) is 5.69 Å². The fourth-order valence-electron chi connectivity index (χ4n) is 2.17. The summed E-state index contributed by atoms with van der Waals surface area (Å²) in [5.41, 5.74) is 0.00653. The van der Waals surface area contributed by atoms with Gasteiger partial charge in [-0.1, -0.05) is 0 Å². The zero-order valence-electron chi connectivity index (χ0n) is 10.5. The molecule has 0 bridgehead atoms. The number of quaternary nitrogens is 1. The molecule has 0 spiro atoms. The van der Waals surface area contributed by atoms with Gasteiger partial charge in [0.15, 0.2) is 0 Å². The number of hydrogen-bond acceptors (Lipinski definition) is 5. The van der Waals surface area contributed by atoms with Crippen molar-refractivity contribution in [3.05, 3.63) is 38.4 Å². The minimum Gasteiger partial charge on any atom is -0.355 e. The molecule has 1 aliphatic rings. The number of hydrogen-bond donors (Lipinski definition) is 1. The van der Waals surface area contributed by atoms with Gasteiger partial charge in [0, 0.05) is 6.07 Å². The lowest BCUT2D eigenvalue weighted by Gasteiger charge is -2.31. The number of rotatable bonds is 3. The SMILES string of the molecule is C[NH+]1CCN(c2ccc([N+](=O)[O-])cc2[N+](=O)[O-])CC1. The Labute approximate surface area is 109 Å². The molecule has 0 aromatic heterocycles. The highest BCUT2D eigenvalue weighted by atomic mass is 16.6. The zero-order chi connectivity index (χ0) is 14.0. The van der Waals surface area contributed by atoms with Crippen LogP contribution < -0.4 is 9.80 Å². The number of benzene rings is 1. The minimum atomic E-state index is -0.620. The fraction of sp³-hybridized carbons (Fsp3) is 0.455. The first-order valence-electron chi connectivity index (χ1n) is 5.98. The van der Waals surface area contributed by atoms with Gasteiger partial charge in [-0.05, 0) is 6.07 Å². The van der Waals surface area contributed by atoms with E-state index in [9.17, 15) is 20.2 Å². The molecular weight excluding hydrogens is 252 g/mol. The molecule has 1 aromatic carbocycles. The number of piperazine rings is 1. The van der Waals surface area contributed by atoms with E-state index in [1.165, 1.54) is 17.0 Å². The molecule has 0 radical (unpaired) electrons. The highest BCUT2D eigenvalue weighted by Gasteiger charge is 2.26. The largest absolute Gasteiger partial charge is 0.355 e. The van der Waals surface area contributed by atoms with E-state index >= 15 is 0 Å². The number of nitrogens with one attached hydrogen (secondary N) is 1. The number of nitrogens with zero attached hydrogens (tertiary/aromatic N) is 3. The van der Waals surface area contributed by atoms with Crippen LogP contribution in [0.5, 0.6) is 0 Å². The maximum atomic E-state index is 11.1. The monoisotopic (exact) mass is 267 g/mol. The van der Waals surface area contributed by atoms with Gasteiger partial charge in [0.25, 0.3) is 11.4 Å². The van der Waals surface area contributed by atoms with Gasteiger partial charge in [-0.25, -0.2) is 0 Å². The van der Waals surface area contributed by atoms with Crippen LogP contribution in [0.25, 0.3) is 0 Å². The van der Waals surface area contributed by atoms with Crippen molar-refractivity contribution < 1.29 is 14.7 Å². The van der Waals surface area contributed by atoms with Crippen LogP contribution in [-0.2, 0) is 0 Å². The van der Waals surface area contributed by atoms with E-state index in [0.717, 1.165) is 19.2 Å². The third-order valence-electron chi connectivity index (χ3n) is 3.32. The van der Waals surface area contributed by atoms with Crippen LogP contribution in [0.4, 0.5) is 17.1 Å². The molecule has 0 atom stereocenters. The molecule has 1 saturated heterocycles. The summed E-state index contributed by atoms with van der Waals surface area (Å²) in [4.78, 5) is 23.8. The van der Waals surface area contributed by atoms with E-state index in [2.05, 4.69) is 7.05 Å². The minimum absolute atomic E-state index is 0.200. The maximum absolute atomic E-state index is 11.1. The molecule has 8 heteroatoms. The van der Waals surface area contributed by atoms with Crippen molar-refractivity contribution in [2.75, 3.05) is 38.1 Å². The third-order valence-corrected chi connectivity index (χ3v) is 3.32. The van der Waals surface area contributed by atoms with E-state index in [1.54, 1.807) is 0 Å². The van der Waals surface area contributed by atoms with Crippen molar-refractivity contribution in [3.63, 3.8) is 0 Å². The topological polar surface area (TPSA) is 94.0 Å². The molecular formula is C11H15N4O4+. The number of nitro groups is 2. The second kappa shape index (κ2) is 5.19. The summed E-state index contributed by atoms with van der Waals surface area (Å²) in [5, 5.41) is 21.7. The van der Waals surface area contributed by atoms with Gasteiger partial charge in [0.2, 0.25) is 0 Å². The summed E-state index contributed by atoms with van der Waals surface area (Å²) >= 11 is 0. The summed E-state index contributed by atoms with van der Waals surface area (Å²) in [6, 6.07) is 3.81. The van der Waals surface area contributed by atoms with Gasteiger partial charge in [-0.15, -0.1) is 0 Å². The Morgan fingerprint density at radius 2 is 1.79 bits per heavy atom. The first-order chi connectivity index (χ1) is 8.99. The van der Waals surface area contributed by atoms with E-state index in [-0.39, 0.29) is 11.4 Å². The molecule has 1 N–H and O–H groups in total. The molecule has 19 heavy (non-hydrogen) atoms. The average Bonchev–Trinajstić information content (AvgIpc) is 2.38. The maximum Gasteiger partial charge on any atom is 0.299 e. The van der Waals surface area contributed by atoms with Gasteiger partial charge in [0.05, 0.1) is 49.1 Å². The quantitative estimate of drug-likeness (QED) is 0.606. The Morgan fingerprint density at radius 1 is 1.16 bits per heavy atom. The summed E-state index contributed by atoms with van der Waals surface area (Å²) < 4.78 is 0. The van der Waals surface area contributed by atoms with Crippen LogP contribution in [0.3, 0.4) is 0 Å². The number of likely N-dealkylation sites (N-methyl/N-ethyl adjacent to an activating group) is 1. The Bertz CT molecular complexity index is 511. The molecule has 8 nitrogen and oxygen atoms in total. The van der Waals surface area contributed by atoms with E-state index < -0.39 is 9.85 Å². The van der Waals surface area contributed by atoms with E-state index in [4.69, 9.17) is 0 Å². The molecule has 1 fully saturated rings. The summed E-state index contributed by atoms with van der Waals surface area (Å²) in [6.07, 6.45) is 0. The van der Waals surface area contributed by atoms with E-state index in [0.29, 0.717) is 18.8 Å². The van der Waals surface area contributed by atoms with Crippen LogP contribution in [0.15, 0.2) is 18.2 Å². The highest BCUT2D eigenvalue weighted by molar-refractivity contribution is 5.66. The Kier molecular flexibility index (Phi) is 3.61. The van der Waals surface area contributed by atoms with Crippen LogP contribution in [0, 0.1) is 20.2 Å². The number of non-ortho nitro benzene ring substituents is 1. The van der Waals surface area contributed by atoms with Gasteiger partial charge < -0.3 is 9.80 Å². The molecule has 0 aliphatic carbocycles. The van der Waals surface area contributed by atoms with Crippen LogP contribution in [0.2, 0.25) is 0 Å². The van der Waals surface area contributed by atoms with Crippen LogP contribution >= 0.6 is 0 Å². The third kappa shape index (κ3) is 2.79. The van der Waals surface area contributed by atoms with Gasteiger partial charge >= 0.3 is 0 Å². The lowest BCUT2D eigenvalue weighted by molar-refractivity contribution is -0.880. The standard InChI is InChI=1S/C11H14N4O4/c1-12-4-6-13(7-5-12)10-3-2-9(14(16)17)8-11(10)15(18)19/h2-3,8H,4-7H2,1H3/p+1. The second-order valence-corrected chi connectivity index (χ2v) is 4.63. The molecule has 0 saturated carbocycles. The molecule has 0 amide bonds. The fourth-order valence-corrected chi connectivity index (χ4v) is 2.17. The van der Waals surface area contributed by atoms with Crippen molar-refractivity contribution in [1.29, 1.82) is 0 Å². The van der Waals surface area contributed by atoms with E-state index in [1.807, 2.05) is 4.90 Å². The first kappa shape index (κ1) is 13.2. The summed E-state index contributed by atoms with van der Waals surface area (Å²) in [5.74, 6) is 0. The molecule has 1 heterocycles. The predicted molar refractivity (Wildman–Crippen MR) is 68.6 cm³/mol. The van der Waals surface area contributed by atoms with Crippen molar-refractivity contribution in [2.24, 2.45) is 0 Å². The lowest BCUT2D eigenvalue weighted by Crippen LogP contribution is -3.12. The number of anilines is 1. The first-order valence-corrected chi connectivity index (χ1v) is 5.98.